The Labute approximate surface area is 289 Å². The maximum Gasteiger partial charge on any atom is 0.252 e. The number of ether oxygens (including phenoxy) is 1. The number of hydrogen-bond acceptors (Lipinski definition) is 7. The molecule has 0 radical (unpaired) electrons. The Morgan fingerprint density at radius 1 is 0.880 bits per heavy atom. The Bertz CT molecular complexity index is 2160. The summed E-state index contributed by atoms with van der Waals surface area (Å²) in [6, 6.07) is 26.9. The number of nitrogens with zero attached hydrogens (tertiary/aromatic N) is 3. The van der Waals surface area contributed by atoms with Gasteiger partial charge in [0.25, 0.3) is 5.91 Å². The first-order valence-corrected chi connectivity index (χ1v) is 17.9. The lowest BCUT2D eigenvalue weighted by Crippen LogP contribution is -2.46. The van der Waals surface area contributed by atoms with E-state index in [0.717, 1.165) is 21.9 Å². The van der Waals surface area contributed by atoms with Gasteiger partial charge in [-0.3, -0.25) is 19.5 Å². The predicted octanol–water partition coefficient (Wildman–Crippen LogP) is 4.61. The predicted molar refractivity (Wildman–Crippen MR) is 187 cm³/mol. The van der Waals surface area contributed by atoms with Crippen molar-refractivity contribution in [3.63, 3.8) is 0 Å². The third-order valence-corrected chi connectivity index (χ3v) is 10.6. The summed E-state index contributed by atoms with van der Waals surface area (Å²) < 4.78 is 50.4. The number of aromatic nitrogens is 1. The van der Waals surface area contributed by atoms with Gasteiger partial charge in [0.15, 0.2) is 0 Å². The summed E-state index contributed by atoms with van der Waals surface area (Å²) in [5.74, 6) is -0.374. The molecular weight excluding hydrogens is 658 g/mol. The summed E-state index contributed by atoms with van der Waals surface area (Å²) in [6.07, 6.45) is 3.51. The number of fused-ring (bicyclic) bond motifs is 7. The average molecular weight is 694 g/mol. The Hall–Kier alpha value is -5.17. The van der Waals surface area contributed by atoms with Gasteiger partial charge in [-0.15, -0.1) is 0 Å². The van der Waals surface area contributed by atoms with Crippen LogP contribution in [0.15, 0.2) is 114 Å². The van der Waals surface area contributed by atoms with Crippen molar-refractivity contribution in [1.82, 2.24) is 24.8 Å². The van der Waals surface area contributed by atoms with Crippen molar-refractivity contribution in [3.8, 4) is 16.9 Å². The number of halogens is 1. The second-order valence-electron chi connectivity index (χ2n) is 12.7. The van der Waals surface area contributed by atoms with E-state index in [1.807, 2.05) is 53.4 Å². The van der Waals surface area contributed by atoms with Crippen LogP contribution in [0.4, 0.5) is 4.39 Å². The molecule has 1 saturated heterocycles. The smallest absolute Gasteiger partial charge is 0.252 e. The van der Waals surface area contributed by atoms with Crippen LogP contribution in [0.5, 0.6) is 5.75 Å². The van der Waals surface area contributed by atoms with E-state index >= 15 is 0 Å². The van der Waals surface area contributed by atoms with Gasteiger partial charge in [0.1, 0.15) is 18.2 Å². The Kier molecular flexibility index (Phi) is 9.57. The number of nitrogens with one attached hydrogen (secondary N) is 2. The van der Waals surface area contributed by atoms with Gasteiger partial charge in [-0.25, -0.2) is 17.5 Å². The topological polar surface area (TPSA) is 121 Å². The van der Waals surface area contributed by atoms with Gasteiger partial charge in [0.2, 0.25) is 15.9 Å². The summed E-state index contributed by atoms with van der Waals surface area (Å²) in [5.41, 5.74) is 2.61. The number of amides is 2. The normalized spacial score (nSPS) is 19.0. The van der Waals surface area contributed by atoms with Gasteiger partial charge in [-0.1, -0.05) is 54.6 Å². The molecule has 2 aliphatic heterocycles. The molecule has 2 amide bonds. The molecule has 4 bridgehead atoms. The van der Waals surface area contributed by atoms with Crippen LogP contribution in [0.1, 0.15) is 22.3 Å². The van der Waals surface area contributed by atoms with Gasteiger partial charge < -0.3 is 15.0 Å². The highest BCUT2D eigenvalue weighted by Crippen LogP contribution is 2.27. The molecule has 7 rings (SSSR count). The quantitative estimate of drug-likeness (QED) is 0.276. The van der Waals surface area contributed by atoms with Crippen LogP contribution in [0.25, 0.3) is 21.9 Å². The largest absolute Gasteiger partial charge is 0.491 e. The molecule has 3 heterocycles. The van der Waals surface area contributed by atoms with Crippen molar-refractivity contribution < 1.29 is 27.1 Å². The lowest BCUT2D eigenvalue weighted by molar-refractivity contribution is -0.134. The highest BCUT2D eigenvalue weighted by Gasteiger charge is 2.38. The molecule has 1 aromatic heterocycles. The molecular formula is C38H36FN5O5S. The lowest BCUT2D eigenvalue weighted by atomic mass is 10.1. The van der Waals surface area contributed by atoms with Crippen LogP contribution < -0.4 is 14.8 Å². The van der Waals surface area contributed by atoms with Crippen molar-refractivity contribution in [2.45, 2.75) is 29.9 Å². The maximum atomic E-state index is 14.1. The summed E-state index contributed by atoms with van der Waals surface area (Å²) >= 11 is 0. The minimum atomic E-state index is -3.91. The second kappa shape index (κ2) is 14.4. The third-order valence-electron chi connectivity index (χ3n) is 9.07. The molecule has 2 N–H and O–H groups in total. The van der Waals surface area contributed by atoms with Crippen LogP contribution in [-0.2, 0) is 21.4 Å². The summed E-state index contributed by atoms with van der Waals surface area (Å²) in [7, 11) is -3.91. The van der Waals surface area contributed by atoms with E-state index < -0.39 is 22.1 Å². The molecule has 256 valence electrons. The van der Waals surface area contributed by atoms with Gasteiger partial charge in [0.05, 0.1) is 23.0 Å². The van der Waals surface area contributed by atoms with E-state index in [1.165, 1.54) is 18.3 Å². The van der Waals surface area contributed by atoms with Crippen molar-refractivity contribution in [3.05, 3.63) is 126 Å². The standard InChI is InChI=1S/C38H36FN5O5S/c39-32-9-3-5-26(15-32)22-43-14-13-41-38(46)31-16-30(20-40-21-31)28-8-4-10-35(17-28)49-25-34-19-33(23-44(34)37(45)24-43)42-50(47,48)36-12-11-27-6-1-2-7-29(27)18-36/h1-12,15-18,20-21,33-34,42H,13-14,19,22-25H2,(H,41,46)/t33-,34+/m1/s1. The van der Waals surface area contributed by atoms with E-state index in [2.05, 4.69) is 15.0 Å². The number of carbonyl (C=O) groups excluding carboxylic acids is 2. The minimum Gasteiger partial charge on any atom is -0.491 e. The number of sulfonamides is 1. The van der Waals surface area contributed by atoms with Crippen LogP contribution in [-0.4, -0.2) is 79.9 Å². The summed E-state index contributed by atoms with van der Waals surface area (Å²) in [4.78, 5) is 35.1. The molecule has 2 aliphatic rings. The van der Waals surface area contributed by atoms with Crippen LogP contribution in [0, 0.1) is 5.82 Å². The molecule has 0 unspecified atom stereocenters. The first-order chi connectivity index (χ1) is 24.2. The van der Waals surface area contributed by atoms with Crippen molar-refractivity contribution in [2.24, 2.45) is 0 Å². The number of pyridine rings is 1. The molecule has 1 fully saturated rings. The van der Waals surface area contributed by atoms with E-state index in [1.54, 1.807) is 47.5 Å². The van der Waals surface area contributed by atoms with Crippen molar-refractivity contribution in [2.75, 3.05) is 32.8 Å². The fourth-order valence-corrected chi connectivity index (χ4v) is 7.86. The van der Waals surface area contributed by atoms with Gasteiger partial charge in [0, 0.05) is 50.2 Å². The first kappa shape index (κ1) is 33.3. The van der Waals surface area contributed by atoms with Gasteiger partial charge in [-0.05, 0) is 70.8 Å². The summed E-state index contributed by atoms with van der Waals surface area (Å²) in [5, 5.41) is 4.66. The molecule has 10 nitrogen and oxygen atoms in total. The van der Waals surface area contributed by atoms with Gasteiger partial charge >= 0.3 is 0 Å². The highest BCUT2D eigenvalue weighted by atomic mass is 32.2. The SMILES string of the molecule is O=C1NCCN(Cc2cccc(F)c2)CC(=O)N2C[C@H](NS(=O)(=O)c3ccc4ccccc4c3)C[C@H]2COc2cccc(c2)-c2cncc1c2. The highest BCUT2D eigenvalue weighted by molar-refractivity contribution is 7.89. The molecule has 50 heavy (non-hydrogen) atoms. The number of rotatable bonds is 5. The molecule has 5 aromatic rings. The monoisotopic (exact) mass is 693 g/mol. The van der Waals surface area contributed by atoms with E-state index in [0.29, 0.717) is 29.8 Å². The molecule has 0 saturated carbocycles. The van der Waals surface area contributed by atoms with Crippen LogP contribution in [0.3, 0.4) is 0 Å². The number of hydrogen-bond donors (Lipinski definition) is 2. The van der Waals surface area contributed by atoms with Crippen LogP contribution >= 0.6 is 0 Å². The fraction of sp³-hybridized carbons (Fsp3) is 0.237. The molecule has 0 spiro atoms. The lowest BCUT2D eigenvalue weighted by Gasteiger charge is -2.29. The minimum absolute atomic E-state index is 0.0421. The molecule has 0 aliphatic carbocycles. The zero-order valence-electron chi connectivity index (χ0n) is 27.2. The first-order valence-electron chi connectivity index (χ1n) is 16.4. The number of carbonyl (C=O) groups is 2. The van der Waals surface area contributed by atoms with E-state index in [4.69, 9.17) is 4.74 Å². The average Bonchev–Trinajstić information content (AvgIpc) is 3.52. The number of benzene rings is 4. The third kappa shape index (κ3) is 7.67. The molecule has 4 aromatic carbocycles. The zero-order chi connectivity index (χ0) is 34.7. The van der Waals surface area contributed by atoms with Gasteiger partial charge in [-0.2, -0.15) is 0 Å². The Balaban J connectivity index is 1.17. The van der Waals surface area contributed by atoms with Crippen molar-refractivity contribution >= 4 is 32.6 Å². The Morgan fingerprint density at radius 2 is 1.70 bits per heavy atom. The Morgan fingerprint density at radius 3 is 2.56 bits per heavy atom. The maximum absolute atomic E-state index is 14.1. The molecule has 12 heteroatoms. The zero-order valence-corrected chi connectivity index (χ0v) is 28.0. The van der Waals surface area contributed by atoms with E-state index in [-0.39, 0.29) is 55.3 Å². The fourth-order valence-electron chi connectivity index (χ4n) is 6.59. The van der Waals surface area contributed by atoms with Crippen molar-refractivity contribution in [1.29, 1.82) is 0 Å². The second-order valence-corrected chi connectivity index (χ2v) is 14.4. The van der Waals surface area contributed by atoms with Crippen LogP contribution in [0.2, 0.25) is 0 Å². The van der Waals surface area contributed by atoms with E-state index in [9.17, 15) is 22.4 Å². The summed E-state index contributed by atoms with van der Waals surface area (Å²) in [6.45, 7) is 1.01. The molecule has 2 atom stereocenters.